The van der Waals surface area contributed by atoms with Gasteiger partial charge in [0.05, 0.1) is 5.54 Å². The second-order valence-corrected chi connectivity index (χ2v) is 5.07. The lowest BCUT2D eigenvalue weighted by Crippen LogP contribution is -2.41. The Morgan fingerprint density at radius 1 is 1.19 bits per heavy atom. The Morgan fingerprint density at radius 2 is 1.81 bits per heavy atom. The average molecular weight is 284 g/mol. The monoisotopic (exact) mass is 284 g/mol. The fraction of sp³-hybridized carbons (Fsp3) is 0.176. The summed E-state index contributed by atoms with van der Waals surface area (Å²) in [7, 11) is 0. The van der Waals surface area contributed by atoms with Crippen LogP contribution in [0.3, 0.4) is 0 Å². The van der Waals surface area contributed by atoms with E-state index in [2.05, 4.69) is 12.2 Å². The molecule has 21 heavy (non-hydrogen) atoms. The molecule has 2 aromatic rings. The number of carbonyl (C=O) groups is 1. The number of benzene rings is 2. The highest BCUT2D eigenvalue weighted by Gasteiger charge is 2.23. The van der Waals surface area contributed by atoms with Crippen molar-refractivity contribution in [2.75, 3.05) is 0 Å². The lowest BCUT2D eigenvalue weighted by Gasteiger charge is -2.26. The third-order valence-corrected chi connectivity index (χ3v) is 3.10. The molecule has 4 heteroatoms. The number of alkyl carbamates (subject to hydrolysis) is 1. The van der Waals surface area contributed by atoms with E-state index in [0.717, 1.165) is 11.1 Å². The van der Waals surface area contributed by atoms with Gasteiger partial charge in [0.2, 0.25) is 0 Å². The second-order valence-electron chi connectivity index (χ2n) is 5.07. The first-order chi connectivity index (χ1) is 9.97. The van der Waals surface area contributed by atoms with E-state index in [1.807, 2.05) is 30.3 Å². The molecule has 2 N–H and O–H groups in total. The number of rotatable bonds is 4. The zero-order valence-electron chi connectivity index (χ0n) is 11.9. The topological polar surface area (TPSA) is 58.6 Å². The molecule has 109 valence electrons. The molecular weight excluding hydrogens is 266 g/mol. The van der Waals surface area contributed by atoms with Gasteiger partial charge in [-0.2, -0.15) is 0 Å². The number of phenols is 1. The molecule has 0 heterocycles. The van der Waals surface area contributed by atoms with Crippen molar-refractivity contribution in [3.05, 3.63) is 72.6 Å². The maximum atomic E-state index is 11.8. The van der Waals surface area contributed by atoms with Crippen molar-refractivity contribution in [3.8, 4) is 5.75 Å². The van der Waals surface area contributed by atoms with E-state index >= 15 is 0 Å². The molecule has 0 bridgehead atoms. The summed E-state index contributed by atoms with van der Waals surface area (Å²) in [6.07, 6.45) is -0.538. The number of aromatic hydroxyl groups is 1. The van der Waals surface area contributed by atoms with Crippen LogP contribution in [0, 0.1) is 6.92 Å². The number of carbonyl (C=O) groups excluding carboxylic acids is 1. The molecule has 0 fully saturated rings. The number of ether oxygens (including phenoxy) is 1. The van der Waals surface area contributed by atoms with E-state index in [1.54, 1.807) is 31.2 Å². The van der Waals surface area contributed by atoms with Gasteiger partial charge >= 0.3 is 6.09 Å². The Balaban J connectivity index is 1.93. The maximum absolute atomic E-state index is 11.8. The molecule has 1 atom stereocenters. The molecule has 0 aliphatic rings. The van der Waals surface area contributed by atoms with Gasteiger partial charge in [-0.25, -0.2) is 4.79 Å². The van der Waals surface area contributed by atoms with E-state index < -0.39 is 11.6 Å². The summed E-state index contributed by atoms with van der Waals surface area (Å²) in [5.74, 6) is 0.168. The smallest absolute Gasteiger partial charge is 0.408 e. The highest BCUT2D eigenvalue weighted by atomic mass is 16.5. The number of nitrogens with one attached hydrogen (secondary N) is 1. The Bertz CT molecular complexity index is 591. The van der Waals surface area contributed by atoms with Crippen molar-refractivity contribution < 1.29 is 14.6 Å². The zero-order chi connectivity index (χ0) is 15.3. The lowest BCUT2D eigenvalue weighted by molar-refractivity contribution is 0.131. The third-order valence-electron chi connectivity index (χ3n) is 3.10. The van der Waals surface area contributed by atoms with Gasteiger partial charge in [-0.15, -0.1) is 0 Å². The molecule has 1 amide bonds. The van der Waals surface area contributed by atoms with Crippen LogP contribution in [0.1, 0.15) is 18.1 Å². The van der Waals surface area contributed by atoms with Crippen molar-refractivity contribution in [1.29, 1.82) is 0 Å². The quantitative estimate of drug-likeness (QED) is 0.905. The molecule has 0 unspecified atom stereocenters. The van der Waals surface area contributed by atoms with Gasteiger partial charge in [0.1, 0.15) is 12.4 Å². The number of hydrogen-bond donors (Lipinski definition) is 2. The van der Waals surface area contributed by atoms with E-state index in [9.17, 15) is 9.90 Å². The largest absolute Gasteiger partial charge is 0.508 e. The minimum absolute atomic E-state index is 0.168. The van der Waals surface area contributed by atoms with Gasteiger partial charge in [0.25, 0.3) is 0 Å². The predicted molar refractivity (Wildman–Crippen MR) is 80.6 cm³/mol. The molecule has 0 spiro atoms. The first kappa shape index (κ1) is 14.9. The minimum atomic E-state index is -0.832. The van der Waals surface area contributed by atoms with Crippen molar-refractivity contribution in [2.45, 2.75) is 19.1 Å². The molecule has 2 aromatic carbocycles. The van der Waals surface area contributed by atoms with Gasteiger partial charge in [-0.05, 0) is 37.1 Å². The van der Waals surface area contributed by atoms with Crippen LogP contribution in [-0.4, -0.2) is 11.2 Å². The molecule has 0 saturated heterocycles. The predicted octanol–water partition coefficient (Wildman–Crippen LogP) is 3.37. The van der Waals surface area contributed by atoms with Crippen LogP contribution in [0.5, 0.6) is 5.75 Å². The Hall–Kier alpha value is -2.49. The molecule has 0 aliphatic heterocycles. The van der Waals surface area contributed by atoms with Gasteiger partial charge in [0, 0.05) is 0 Å². The normalized spacial score (nSPS) is 11.0. The summed E-state index contributed by atoms with van der Waals surface area (Å²) in [6, 6.07) is 16.0. The molecular formula is C17H18NO3. The van der Waals surface area contributed by atoms with Crippen molar-refractivity contribution in [1.82, 2.24) is 5.32 Å². The van der Waals surface area contributed by atoms with E-state index in [-0.39, 0.29) is 12.4 Å². The summed E-state index contributed by atoms with van der Waals surface area (Å²) in [4.78, 5) is 11.8. The first-order valence-corrected chi connectivity index (χ1v) is 6.61. The lowest BCUT2D eigenvalue weighted by atomic mass is 9.94. The van der Waals surface area contributed by atoms with Crippen LogP contribution >= 0.6 is 0 Å². The minimum Gasteiger partial charge on any atom is -0.508 e. The van der Waals surface area contributed by atoms with Crippen LogP contribution in [0.25, 0.3) is 0 Å². The van der Waals surface area contributed by atoms with Crippen molar-refractivity contribution in [3.63, 3.8) is 0 Å². The van der Waals surface area contributed by atoms with E-state index in [0.29, 0.717) is 0 Å². The zero-order valence-corrected chi connectivity index (χ0v) is 11.9. The highest BCUT2D eigenvalue weighted by Crippen LogP contribution is 2.22. The fourth-order valence-corrected chi connectivity index (χ4v) is 1.89. The van der Waals surface area contributed by atoms with Crippen LogP contribution in [-0.2, 0) is 16.9 Å². The molecule has 2 rings (SSSR count). The second kappa shape index (κ2) is 6.31. The molecule has 0 saturated carbocycles. The van der Waals surface area contributed by atoms with Gasteiger partial charge in [0.15, 0.2) is 0 Å². The van der Waals surface area contributed by atoms with Gasteiger partial charge < -0.3 is 15.2 Å². The van der Waals surface area contributed by atoms with E-state index in [1.165, 1.54) is 0 Å². The molecule has 0 aromatic heterocycles. The van der Waals surface area contributed by atoms with Crippen LogP contribution < -0.4 is 5.32 Å². The van der Waals surface area contributed by atoms with Gasteiger partial charge in [-0.1, -0.05) is 42.5 Å². The summed E-state index contributed by atoms with van der Waals surface area (Å²) < 4.78 is 5.17. The first-order valence-electron chi connectivity index (χ1n) is 6.61. The standard InChI is InChI=1S/C17H18NO3/c1-17(2,14-8-10-15(19)11-9-14)18-16(20)21-12-13-6-4-3-5-7-13/h3-11,19H,1,12H2,2H3,(H,18,20)/t17-/m1/s1. The highest BCUT2D eigenvalue weighted by molar-refractivity contribution is 5.69. The summed E-state index contributed by atoms with van der Waals surface area (Å²) in [6.45, 7) is 5.94. The third kappa shape index (κ3) is 4.24. The summed E-state index contributed by atoms with van der Waals surface area (Å²) >= 11 is 0. The maximum Gasteiger partial charge on any atom is 0.408 e. The van der Waals surface area contributed by atoms with Crippen LogP contribution in [0.4, 0.5) is 4.79 Å². The van der Waals surface area contributed by atoms with E-state index in [4.69, 9.17) is 4.74 Å². The molecule has 4 nitrogen and oxygen atoms in total. The molecule has 1 radical (unpaired) electrons. The number of amides is 1. The molecule has 0 aliphatic carbocycles. The fourth-order valence-electron chi connectivity index (χ4n) is 1.89. The summed E-state index contributed by atoms with van der Waals surface area (Å²) in [5, 5.41) is 12.0. The SMILES string of the molecule is [CH2][C@](C)(NC(=O)OCc1ccccc1)c1ccc(O)cc1. The van der Waals surface area contributed by atoms with Crippen LogP contribution in [0.2, 0.25) is 0 Å². The Labute approximate surface area is 124 Å². The number of hydrogen-bond acceptors (Lipinski definition) is 3. The van der Waals surface area contributed by atoms with Crippen molar-refractivity contribution >= 4 is 6.09 Å². The Kier molecular flexibility index (Phi) is 4.48. The average Bonchev–Trinajstić information content (AvgIpc) is 2.46. The van der Waals surface area contributed by atoms with Gasteiger partial charge in [-0.3, -0.25) is 0 Å². The number of phenolic OH excluding ortho intramolecular Hbond substituents is 1. The van der Waals surface area contributed by atoms with Crippen molar-refractivity contribution in [2.24, 2.45) is 0 Å². The summed E-state index contributed by atoms with van der Waals surface area (Å²) in [5.41, 5.74) is 0.863. The Morgan fingerprint density at radius 3 is 2.43 bits per heavy atom. The van der Waals surface area contributed by atoms with Crippen LogP contribution in [0.15, 0.2) is 54.6 Å².